The Balaban J connectivity index is 1.44. The van der Waals surface area contributed by atoms with Crippen LogP contribution in [0.15, 0.2) is 88.8 Å². The van der Waals surface area contributed by atoms with Crippen molar-refractivity contribution < 1.29 is 14.3 Å². The third-order valence-corrected chi connectivity index (χ3v) is 5.19. The Morgan fingerprint density at radius 3 is 2.50 bits per heavy atom. The summed E-state index contributed by atoms with van der Waals surface area (Å²) >= 11 is 1.29. The smallest absolute Gasteiger partial charge is 0.343 e. The van der Waals surface area contributed by atoms with Crippen LogP contribution in [0.5, 0.6) is 5.75 Å². The van der Waals surface area contributed by atoms with Crippen LogP contribution in [-0.2, 0) is 4.79 Å². The molecule has 1 saturated heterocycles. The van der Waals surface area contributed by atoms with Crippen molar-refractivity contribution in [2.24, 2.45) is 4.99 Å². The van der Waals surface area contributed by atoms with Gasteiger partial charge in [0.15, 0.2) is 5.17 Å². The molecule has 0 atom stereocenters. The van der Waals surface area contributed by atoms with Crippen LogP contribution in [0, 0.1) is 6.92 Å². The first-order chi connectivity index (χ1) is 14.6. The van der Waals surface area contributed by atoms with Gasteiger partial charge in [-0.3, -0.25) is 4.79 Å². The number of carbonyl (C=O) groups excluding carboxylic acids is 2. The minimum absolute atomic E-state index is 0.190. The maximum atomic E-state index is 12.3. The lowest BCUT2D eigenvalue weighted by Gasteiger charge is -2.05. The van der Waals surface area contributed by atoms with Crippen LogP contribution in [0.3, 0.4) is 0 Å². The molecule has 1 fully saturated rings. The van der Waals surface area contributed by atoms with Gasteiger partial charge in [0.1, 0.15) is 5.75 Å². The molecule has 148 valence electrons. The average Bonchev–Trinajstić information content (AvgIpc) is 3.08. The highest BCUT2D eigenvalue weighted by atomic mass is 32.2. The summed E-state index contributed by atoms with van der Waals surface area (Å²) in [5.74, 6) is -0.152. The van der Waals surface area contributed by atoms with E-state index in [-0.39, 0.29) is 5.91 Å². The summed E-state index contributed by atoms with van der Waals surface area (Å²) in [7, 11) is 0. The van der Waals surface area contributed by atoms with Gasteiger partial charge in [0, 0.05) is 0 Å². The van der Waals surface area contributed by atoms with E-state index in [1.54, 1.807) is 42.5 Å². The summed E-state index contributed by atoms with van der Waals surface area (Å²) in [5, 5.41) is 3.31. The number of hydrogen-bond acceptors (Lipinski definition) is 5. The number of para-hydroxylation sites is 1. The second kappa shape index (κ2) is 8.80. The molecule has 1 aliphatic rings. The van der Waals surface area contributed by atoms with Crippen molar-refractivity contribution in [3.8, 4) is 5.75 Å². The van der Waals surface area contributed by atoms with Gasteiger partial charge in [-0.1, -0.05) is 48.0 Å². The van der Waals surface area contributed by atoms with Gasteiger partial charge in [-0.25, -0.2) is 9.79 Å². The van der Waals surface area contributed by atoms with E-state index < -0.39 is 5.97 Å². The number of rotatable bonds is 4. The molecular weight excluding hydrogens is 396 g/mol. The summed E-state index contributed by atoms with van der Waals surface area (Å²) < 4.78 is 5.42. The molecule has 1 aliphatic heterocycles. The molecule has 0 aliphatic carbocycles. The molecule has 1 heterocycles. The largest absolute Gasteiger partial charge is 0.423 e. The number of thioether (sulfide) groups is 1. The fourth-order valence-electron chi connectivity index (χ4n) is 2.82. The number of amides is 1. The van der Waals surface area contributed by atoms with Gasteiger partial charge in [0.25, 0.3) is 5.91 Å². The quantitative estimate of drug-likeness (QED) is 0.366. The molecule has 0 radical (unpaired) electrons. The molecule has 0 unspecified atom stereocenters. The zero-order chi connectivity index (χ0) is 20.9. The lowest BCUT2D eigenvalue weighted by Crippen LogP contribution is -2.19. The topological polar surface area (TPSA) is 67.8 Å². The lowest BCUT2D eigenvalue weighted by atomic mass is 10.1. The van der Waals surface area contributed by atoms with Crippen LogP contribution in [0.2, 0.25) is 0 Å². The Hall–Kier alpha value is -3.64. The summed E-state index contributed by atoms with van der Waals surface area (Å²) in [5.41, 5.74) is 3.10. The van der Waals surface area contributed by atoms with E-state index in [9.17, 15) is 9.59 Å². The van der Waals surface area contributed by atoms with Gasteiger partial charge in [-0.15, -0.1) is 0 Å². The normalized spacial score (nSPS) is 16.0. The Morgan fingerprint density at radius 1 is 1.00 bits per heavy atom. The van der Waals surface area contributed by atoms with Gasteiger partial charge < -0.3 is 10.1 Å². The monoisotopic (exact) mass is 414 g/mol. The fourth-order valence-corrected chi connectivity index (χ4v) is 3.66. The number of nitrogens with zero attached hydrogens (tertiary/aromatic N) is 1. The van der Waals surface area contributed by atoms with Crippen molar-refractivity contribution in [1.29, 1.82) is 0 Å². The van der Waals surface area contributed by atoms with Crippen molar-refractivity contribution in [2.75, 3.05) is 0 Å². The van der Waals surface area contributed by atoms with Gasteiger partial charge >= 0.3 is 5.97 Å². The van der Waals surface area contributed by atoms with Crippen LogP contribution < -0.4 is 10.1 Å². The lowest BCUT2D eigenvalue weighted by molar-refractivity contribution is -0.115. The predicted molar refractivity (Wildman–Crippen MR) is 120 cm³/mol. The maximum Gasteiger partial charge on any atom is 0.343 e. The third kappa shape index (κ3) is 4.85. The van der Waals surface area contributed by atoms with Gasteiger partial charge in [-0.2, -0.15) is 0 Å². The number of aryl methyl sites for hydroxylation is 1. The van der Waals surface area contributed by atoms with Crippen molar-refractivity contribution >= 4 is 40.6 Å². The molecular formula is C24H18N2O3S. The number of amidine groups is 1. The molecule has 3 aromatic carbocycles. The van der Waals surface area contributed by atoms with Crippen molar-refractivity contribution in [3.05, 3.63) is 100 Å². The molecule has 0 saturated carbocycles. The Labute approximate surface area is 178 Å². The van der Waals surface area contributed by atoms with Crippen LogP contribution in [-0.4, -0.2) is 17.0 Å². The van der Waals surface area contributed by atoms with E-state index in [1.807, 2.05) is 49.4 Å². The molecule has 0 aromatic heterocycles. The van der Waals surface area contributed by atoms with Crippen LogP contribution >= 0.6 is 11.8 Å². The highest BCUT2D eigenvalue weighted by Gasteiger charge is 2.23. The number of nitrogens with one attached hydrogen (secondary N) is 1. The maximum absolute atomic E-state index is 12.3. The summed E-state index contributed by atoms with van der Waals surface area (Å²) in [4.78, 5) is 29.5. The average molecular weight is 414 g/mol. The van der Waals surface area contributed by atoms with Gasteiger partial charge in [-0.05, 0) is 66.7 Å². The number of aliphatic imine (C=N–C) groups is 1. The Bertz CT molecular complexity index is 1150. The zero-order valence-electron chi connectivity index (χ0n) is 16.2. The molecule has 1 N–H and O–H groups in total. The van der Waals surface area contributed by atoms with E-state index in [1.165, 1.54) is 11.8 Å². The summed E-state index contributed by atoms with van der Waals surface area (Å²) in [6.07, 6.45) is 1.78. The van der Waals surface area contributed by atoms with Gasteiger partial charge in [0.2, 0.25) is 0 Å². The van der Waals surface area contributed by atoms with Crippen molar-refractivity contribution in [2.45, 2.75) is 6.92 Å². The number of ether oxygens (including phenoxy) is 1. The first-order valence-electron chi connectivity index (χ1n) is 9.30. The summed E-state index contributed by atoms with van der Waals surface area (Å²) in [6.45, 7) is 1.92. The Kier molecular flexibility index (Phi) is 5.77. The molecule has 4 rings (SSSR count). The number of carbonyl (C=O) groups is 2. The Morgan fingerprint density at radius 2 is 1.77 bits per heavy atom. The third-order valence-electron chi connectivity index (χ3n) is 4.28. The van der Waals surface area contributed by atoms with E-state index in [0.717, 1.165) is 16.8 Å². The number of hydrogen-bond donors (Lipinski definition) is 1. The predicted octanol–water partition coefficient (Wildman–Crippen LogP) is 5.11. The molecule has 5 nitrogen and oxygen atoms in total. The summed E-state index contributed by atoms with van der Waals surface area (Å²) in [6, 6.07) is 23.7. The fraction of sp³-hybridized carbons (Fsp3) is 0.0417. The minimum atomic E-state index is -0.405. The molecule has 3 aromatic rings. The standard InChI is InChI=1S/C24H18N2O3S/c1-16-6-5-7-18(14-16)23(28)29-20-12-10-17(11-13-20)15-21-22(27)26-24(30-21)25-19-8-3-2-4-9-19/h2-15H,1H3,(H,25,26,27)/b21-15+. The van der Waals surface area contributed by atoms with E-state index in [0.29, 0.717) is 21.4 Å². The first kappa shape index (κ1) is 19.7. The van der Waals surface area contributed by atoms with E-state index >= 15 is 0 Å². The second-order valence-electron chi connectivity index (χ2n) is 6.65. The highest BCUT2D eigenvalue weighted by Crippen LogP contribution is 2.28. The number of esters is 1. The second-order valence-corrected chi connectivity index (χ2v) is 7.68. The van der Waals surface area contributed by atoms with Crippen molar-refractivity contribution in [1.82, 2.24) is 5.32 Å². The molecule has 1 amide bonds. The molecule has 0 bridgehead atoms. The number of benzene rings is 3. The van der Waals surface area contributed by atoms with Crippen LogP contribution in [0.1, 0.15) is 21.5 Å². The zero-order valence-corrected chi connectivity index (χ0v) is 17.0. The minimum Gasteiger partial charge on any atom is -0.423 e. The first-order valence-corrected chi connectivity index (χ1v) is 10.1. The molecule has 6 heteroatoms. The molecule has 30 heavy (non-hydrogen) atoms. The van der Waals surface area contributed by atoms with E-state index in [4.69, 9.17) is 4.74 Å². The van der Waals surface area contributed by atoms with Crippen LogP contribution in [0.25, 0.3) is 6.08 Å². The van der Waals surface area contributed by atoms with Crippen molar-refractivity contribution in [3.63, 3.8) is 0 Å². The molecule has 0 spiro atoms. The SMILES string of the molecule is Cc1cccc(C(=O)Oc2ccc(/C=C3/SC(=Nc4ccccc4)NC3=O)cc2)c1. The van der Waals surface area contributed by atoms with Crippen LogP contribution in [0.4, 0.5) is 5.69 Å². The van der Waals surface area contributed by atoms with Gasteiger partial charge in [0.05, 0.1) is 16.2 Å². The van der Waals surface area contributed by atoms with E-state index in [2.05, 4.69) is 10.3 Å². The highest BCUT2D eigenvalue weighted by molar-refractivity contribution is 8.18.